The van der Waals surface area contributed by atoms with Crippen molar-refractivity contribution in [3.63, 3.8) is 0 Å². The van der Waals surface area contributed by atoms with E-state index in [9.17, 15) is 4.79 Å². The highest BCUT2D eigenvalue weighted by atomic mass is 35.5. The maximum Gasteiger partial charge on any atom is 0.306 e. The van der Waals surface area contributed by atoms with E-state index in [0.29, 0.717) is 12.8 Å². The van der Waals surface area contributed by atoms with Crippen LogP contribution in [0.5, 0.6) is 0 Å². The molecule has 0 saturated carbocycles. The highest BCUT2D eigenvalue weighted by molar-refractivity contribution is 6.49. The monoisotopic (exact) mass is 278 g/mol. The number of hydrogen-bond donors (Lipinski definition) is 0. The molecule has 0 unspecified atom stereocenters. The summed E-state index contributed by atoms with van der Waals surface area (Å²) >= 11 is 6.13. The molecule has 0 aliphatic heterocycles. The fourth-order valence-corrected chi connectivity index (χ4v) is 2.38. The maximum absolute atomic E-state index is 11.7. The minimum Gasteiger partial charge on any atom is -0.460 e. The van der Waals surface area contributed by atoms with Crippen LogP contribution in [0.25, 0.3) is 5.03 Å². The van der Waals surface area contributed by atoms with Crippen molar-refractivity contribution in [1.82, 2.24) is 0 Å². The molecule has 0 spiro atoms. The number of benzene rings is 1. The number of hydrogen-bond acceptors (Lipinski definition) is 2. The molecule has 102 valence electrons. The average Bonchev–Trinajstić information content (AvgIpc) is 2.66. The molecule has 2 rings (SSSR count). The molecule has 0 N–H and O–H groups in total. The van der Waals surface area contributed by atoms with Crippen molar-refractivity contribution in [3.8, 4) is 0 Å². The molecule has 0 atom stereocenters. The molecule has 0 aromatic heterocycles. The summed E-state index contributed by atoms with van der Waals surface area (Å²) in [5.41, 5.74) is 3.06. The summed E-state index contributed by atoms with van der Waals surface area (Å²) in [6.45, 7) is 5.64. The van der Waals surface area contributed by atoms with Gasteiger partial charge in [-0.1, -0.05) is 29.8 Å². The molecule has 0 saturated heterocycles. The van der Waals surface area contributed by atoms with E-state index in [2.05, 4.69) is 18.2 Å². The zero-order valence-corrected chi connectivity index (χ0v) is 12.4. The van der Waals surface area contributed by atoms with Gasteiger partial charge in [0, 0.05) is 11.5 Å². The second kappa shape index (κ2) is 5.38. The first-order valence-electron chi connectivity index (χ1n) is 6.55. The van der Waals surface area contributed by atoms with Crippen LogP contribution in [0.1, 0.15) is 43.9 Å². The van der Waals surface area contributed by atoms with Gasteiger partial charge in [0.05, 0.1) is 0 Å². The lowest BCUT2D eigenvalue weighted by molar-refractivity contribution is -0.154. The summed E-state index contributed by atoms with van der Waals surface area (Å²) < 4.78 is 5.30. The smallest absolute Gasteiger partial charge is 0.306 e. The van der Waals surface area contributed by atoms with Gasteiger partial charge in [-0.3, -0.25) is 4.79 Å². The molecule has 0 radical (unpaired) electrons. The predicted octanol–water partition coefficient (Wildman–Crippen LogP) is 4.10. The molecule has 0 amide bonds. The van der Waals surface area contributed by atoms with Crippen molar-refractivity contribution in [2.75, 3.05) is 0 Å². The number of esters is 1. The lowest BCUT2D eigenvalue weighted by atomic mass is 10.0. The van der Waals surface area contributed by atoms with E-state index in [1.54, 1.807) is 0 Å². The summed E-state index contributed by atoms with van der Waals surface area (Å²) in [5.74, 6) is -0.158. The molecule has 1 aromatic rings. The Bertz CT molecular complexity index is 524. The second-order valence-corrected chi connectivity index (χ2v) is 6.24. The van der Waals surface area contributed by atoms with Gasteiger partial charge < -0.3 is 4.74 Å². The molecule has 0 bridgehead atoms. The topological polar surface area (TPSA) is 26.3 Å². The molecule has 1 aliphatic carbocycles. The van der Waals surface area contributed by atoms with Crippen LogP contribution in [0.15, 0.2) is 24.3 Å². The highest BCUT2D eigenvalue weighted by Crippen LogP contribution is 2.31. The first-order chi connectivity index (χ1) is 8.85. The highest BCUT2D eigenvalue weighted by Gasteiger charge is 2.17. The van der Waals surface area contributed by atoms with Gasteiger partial charge in [0.1, 0.15) is 5.60 Å². The number of carbonyl (C=O) groups excluding carboxylic acids is 1. The summed E-state index contributed by atoms with van der Waals surface area (Å²) in [4.78, 5) is 11.7. The molecular formula is C16H19ClO2. The number of fused-ring (bicyclic) bond motifs is 1. The van der Waals surface area contributed by atoms with Crippen LogP contribution in [-0.4, -0.2) is 11.6 Å². The van der Waals surface area contributed by atoms with Crippen LogP contribution < -0.4 is 0 Å². The van der Waals surface area contributed by atoms with Gasteiger partial charge in [-0.05, 0) is 56.4 Å². The molecule has 3 heteroatoms. The van der Waals surface area contributed by atoms with Gasteiger partial charge in [-0.15, -0.1) is 0 Å². The van der Waals surface area contributed by atoms with Crippen molar-refractivity contribution >= 4 is 22.6 Å². The number of allylic oxidation sites excluding steroid dienone is 1. The van der Waals surface area contributed by atoms with Crippen molar-refractivity contribution in [3.05, 3.63) is 41.0 Å². The minimum atomic E-state index is -0.416. The number of carbonyl (C=O) groups is 1. The van der Waals surface area contributed by atoms with Crippen LogP contribution in [0.2, 0.25) is 0 Å². The van der Waals surface area contributed by atoms with Crippen LogP contribution in [0.3, 0.4) is 0 Å². The summed E-state index contributed by atoms with van der Waals surface area (Å²) in [6.07, 6.45) is 4.01. The van der Waals surface area contributed by atoms with Crippen molar-refractivity contribution < 1.29 is 9.53 Å². The molecule has 1 aromatic carbocycles. The molecule has 2 nitrogen and oxygen atoms in total. The van der Waals surface area contributed by atoms with Gasteiger partial charge in [-0.25, -0.2) is 0 Å². The van der Waals surface area contributed by atoms with Gasteiger partial charge in [-0.2, -0.15) is 0 Å². The summed E-state index contributed by atoms with van der Waals surface area (Å²) in [7, 11) is 0. The first kappa shape index (κ1) is 14.1. The summed E-state index contributed by atoms with van der Waals surface area (Å²) in [6, 6.07) is 6.23. The average molecular weight is 279 g/mol. The van der Waals surface area contributed by atoms with Crippen molar-refractivity contribution in [2.24, 2.45) is 0 Å². The Hall–Kier alpha value is -1.28. The van der Waals surface area contributed by atoms with E-state index in [-0.39, 0.29) is 5.97 Å². The maximum atomic E-state index is 11.7. The molecular weight excluding hydrogens is 260 g/mol. The SMILES string of the molecule is CC(C)(C)OC(=O)CCc1ccc2c(c1)C(Cl)=CC2. The van der Waals surface area contributed by atoms with Crippen LogP contribution in [0, 0.1) is 0 Å². The molecule has 0 fully saturated rings. The number of aryl methyl sites for hydroxylation is 1. The third-order valence-corrected chi connectivity index (χ3v) is 3.33. The molecule has 0 heterocycles. The van der Waals surface area contributed by atoms with Crippen LogP contribution in [-0.2, 0) is 22.4 Å². The molecule has 19 heavy (non-hydrogen) atoms. The Labute approximate surface area is 119 Å². The van der Waals surface area contributed by atoms with Crippen molar-refractivity contribution in [1.29, 1.82) is 0 Å². The number of halogens is 1. The fourth-order valence-electron chi connectivity index (χ4n) is 2.13. The fraction of sp³-hybridized carbons (Fsp3) is 0.438. The van der Waals surface area contributed by atoms with Crippen LogP contribution in [0.4, 0.5) is 0 Å². The summed E-state index contributed by atoms with van der Waals surface area (Å²) in [5, 5.41) is 0.814. The normalized spacial score (nSPS) is 14.0. The van der Waals surface area contributed by atoms with E-state index in [1.165, 1.54) is 5.56 Å². The van der Waals surface area contributed by atoms with Gasteiger partial charge in [0.25, 0.3) is 0 Å². The Morgan fingerprint density at radius 3 is 2.79 bits per heavy atom. The Morgan fingerprint density at radius 2 is 2.11 bits per heavy atom. The zero-order valence-electron chi connectivity index (χ0n) is 11.6. The van der Waals surface area contributed by atoms with Crippen molar-refractivity contribution in [2.45, 2.75) is 45.6 Å². The first-order valence-corrected chi connectivity index (χ1v) is 6.92. The lowest BCUT2D eigenvalue weighted by Gasteiger charge is -2.19. The van der Waals surface area contributed by atoms with Gasteiger partial charge in [0.15, 0.2) is 0 Å². The van der Waals surface area contributed by atoms with E-state index in [4.69, 9.17) is 16.3 Å². The number of ether oxygens (including phenoxy) is 1. The Morgan fingerprint density at radius 1 is 1.37 bits per heavy atom. The third-order valence-electron chi connectivity index (χ3n) is 2.97. The zero-order chi connectivity index (χ0) is 14.0. The van der Waals surface area contributed by atoms with E-state index >= 15 is 0 Å². The quantitative estimate of drug-likeness (QED) is 0.778. The van der Waals surface area contributed by atoms with Crippen LogP contribution >= 0.6 is 11.6 Å². The van der Waals surface area contributed by atoms with E-state index < -0.39 is 5.60 Å². The Balaban J connectivity index is 1.96. The molecule has 1 aliphatic rings. The van der Waals surface area contributed by atoms with E-state index in [0.717, 1.165) is 22.6 Å². The predicted molar refractivity (Wildman–Crippen MR) is 78.1 cm³/mol. The van der Waals surface area contributed by atoms with Gasteiger partial charge in [0.2, 0.25) is 0 Å². The Kier molecular flexibility index (Phi) is 4.00. The standard InChI is InChI=1S/C16H19ClO2/c1-16(2,3)19-15(18)9-5-11-4-6-12-7-8-14(17)13(12)10-11/h4,6,8,10H,5,7,9H2,1-3H3. The number of rotatable bonds is 3. The third kappa shape index (κ3) is 3.84. The second-order valence-electron chi connectivity index (χ2n) is 5.83. The minimum absolute atomic E-state index is 0.158. The van der Waals surface area contributed by atoms with E-state index in [1.807, 2.05) is 26.8 Å². The van der Waals surface area contributed by atoms with Gasteiger partial charge >= 0.3 is 5.97 Å². The largest absolute Gasteiger partial charge is 0.460 e. The lowest BCUT2D eigenvalue weighted by Crippen LogP contribution is -2.24.